The molecule has 1 heterocycles. The summed E-state index contributed by atoms with van der Waals surface area (Å²) in [6.07, 6.45) is 0. The van der Waals surface area contributed by atoms with Crippen LogP contribution in [0, 0.1) is 19.7 Å². The van der Waals surface area contributed by atoms with Gasteiger partial charge in [0, 0.05) is 24.5 Å². The van der Waals surface area contributed by atoms with E-state index in [4.69, 9.17) is 9.15 Å². The molecule has 0 aliphatic heterocycles. The van der Waals surface area contributed by atoms with Crippen LogP contribution in [-0.2, 0) is 6.54 Å². The second-order valence-electron chi connectivity index (χ2n) is 6.51. The van der Waals surface area contributed by atoms with Crippen LogP contribution in [0.2, 0.25) is 0 Å². The number of ether oxygens (including phenoxy) is 1. The standard InChI is InChI=1S/C21H22FNO3/c1-14-4-9-19-16(12-20(24)26-21(19)15(14)2)13-23(3)10-11-25-18-7-5-17(22)6-8-18/h4-9,12H,10-11,13H2,1-3H3. The Balaban J connectivity index is 1.69. The molecule has 0 N–H and O–H groups in total. The zero-order valence-electron chi connectivity index (χ0n) is 15.2. The van der Waals surface area contributed by atoms with Crippen LogP contribution >= 0.6 is 0 Å². The smallest absolute Gasteiger partial charge is 0.336 e. The number of benzene rings is 2. The maximum Gasteiger partial charge on any atom is 0.336 e. The lowest BCUT2D eigenvalue weighted by Crippen LogP contribution is -2.24. The van der Waals surface area contributed by atoms with Gasteiger partial charge in [0.25, 0.3) is 0 Å². The van der Waals surface area contributed by atoms with Gasteiger partial charge in [-0.1, -0.05) is 12.1 Å². The number of hydrogen-bond donors (Lipinski definition) is 0. The molecule has 0 radical (unpaired) electrons. The van der Waals surface area contributed by atoms with Crippen molar-refractivity contribution < 1.29 is 13.5 Å². The fraction of sp³-hybridized carbons (Fsp3) is 0.286. The second kappa shape index (κ2) is 7.70. The number of rotatable bonds is 6. The monoisotopic (exact) mass is 355 g/mol. The average molecular weight is 355 g/mol. The Labute approximate surface area is 151 Å². The van der Waals surface area contributed by atoms with Gasteiger partial charge in [-0.3, -0.25) is 4.90 Å². The average Bonchev–Trinajstić information content (AvgIpc) is 2.60. The van der Waals surface area contributed by atoms with Crippen LogP contribution in [0.1, 0.15) is 16.7 Å². The SMILES string of the molecule is Cc1ccc2c(CN(C)CCOc3ccc(F)cc3)cc(=O)oc2c1C. The van der Waals surface area contributed by atoms with E-state index in [-0.39, 0.29) is 11.4 Å². The van der Waals surface area contributed by atoms with Gasteiger partial charge in [0.2, 0.25) is 0 Å². The molecule has 0 spiro atoms. The minimum absolute atomic E-state index is 0.283. The molecule has 0 fully saturated rings. The van der Waals surface area contributed by atoms with Gasteiger partial charge in [-0.15, -0.1) is 0 Å². The van der Waals surface area contributed by atoms with E-state index >= 15 is 0 Å². The first kappa shape index (κ1) is 18.1. The van der Waals surface area contributed by atoms with Gasteiger partial charge in [-0.2, -0.15) is 0 Å². The minimum atomic E-state index is -0.336. The molecule has 0 bridgehead atoms. The summed E-state index contributed by atoms with van der Waals surface area (Å²) in [5.74, 6) is 0.353. The highest BCUT2D eigenvalue weighted by atomic mass is 19.1. The maximum absolute atomic E-state index is 12.9. The van der Waals surface area contributed by atoms with Crippen LogP contribution in [0.15, 0.2) is 51.7 Å². The minimum Gasteiger partial charge on any atom is -0.492 e. The molecule has 136 valence electrons. The van der Waals surface area contributed by atoms with Crippen molar-refractivity contribution in [2.24, 2.45) is 0 Å². The predicted octanol–water partition coefficient (Wildman–Crippen LogP) is 4.06. The Morgan fingerprint density at radius 3 is 2.58 bits per heavy atom. The molecule has 0 saturated carbocycles. The van der Waals surface area contributed by atoms with Crippen LogP contribution in [0.4, 0.5) is 4.39 Å². The predicted molar refractivity (Wildman–Crippen MR) is 100 cm³/mol. The third-order valence-electron chi connectivity index (χ3n) is 4.51. The number of halogens is 1. The molecule has 3 rings (SSSR count). The first-order valence-corrected chi connectivity index (χ1v) is 8.54. The van der Waals surface area contributed by atoms with Gasteiger partial charge in [0.05, 0.1) is 0 Å². The molecule has 1 aromatic heterocycles. The van der Waals surface area contributed by atoms with Crippen molar-refractivity contribution in [3.8, 4) is 5.75 Å². The van der Waals surface area contributed by atoms with Crippen molar-refractivity contribution in [2.45, 2.75) is 20.4 Å². The molecule has 4 nitrogen and oxygen atoms in total. The lowest BCUT2D eigenvalue weighted by atomic mass is 10.0. The third-order valence-corrected chi connectivity index (χ3v) is 4.51. The van der Waals surface area contributed by atoms with E-state index in [2.05, 4.69) is 4.90 Å². The maximum atomic E-state index is 12.9. The van der Waals surface area contributed by atoms with E-state index in [1.54, 1.807) is 18.2 Å². The summed E-state index contributed by atoms with van der Waals surface area (Å²) in [7, 11) is 1.97. The van der Waals surface area contributed by atoms with Crippen molar-refractivity contribution in [1.29, 1.82) is 0 Å². The topological polar surface area (TPSA) is 42.7 Å². The Hall–Kier alpha value is -2.66. The van der Waals surface area contributed by atoms with Crippen molar-refractivity contribution in [2.75, 3.05) is 20.2 Å². The highest BCUT2D eigenvalue weighted by Crippen LogP contribution is 2.24. The van der Waals surface area contributed by atoms with Gasteiger partial charge in [-0.05, 0) is 61.9 Å². The number of likely N-dealkylation sites (N-methyl/N-ethyl adjacent to an activating group) is 1. The van der Waals surface area contributed by atoms with E-state index < -0.39 is 0 Å². The van der Waals surface area contributed by atoms with Crippen molar-refractivity contribution >= 4 is 11.0 Å². The molecule has 3 aromatic rings. The molecular formula is C21H22FNO3. The molecule has 0 amide bonds. The summed E-state index contributed by atoms with van der Waals surface area (Å²) in [5, 5.41) is 0.957. The van der Waals surface area contributed by atoms with Gasteiger partial charge < -0.3 is 9.15 Å². The molecule has 26 heavy (non-hydrogen) atoms. The van der Waals surface area contributed by atoms with Crippen LogP contribution in [0.25, 0.3) is 11.0 Å². The Kier molecular flexibility index (Phi) is 5.38. The molecule has 0 unspecified atom stereocenters. The van der Waals surface area contributed by atoms with Crippen molar-refractivity contribution in [1.82, 2.24) is 4.90 Å². The molecule has 2 aromatic carbocycles. The highest BCUT2D eigenvalue weighted by molar-refractivity contribution is 5.83. The van der Waals surface area contributed by atoms with E-state index in [0.29, 0.717) is 31.0 Å². The number of hydrogen-bond acceptors (Lipinski definition) is 4. The molecular weight excluding hydrogens is 333 g/mol. The highest BCUT2D eigenvalue weighted by Gasteiger charge is 2.11. The largest absolute Gasteiger partial charge is 0.492 e. The Bertz CT molecular complexity index is 963. The van der Waals surface area contributed by atoms with Gasteiger partial charge in [0.15, 0.2) is 0 Å². The van der Waals surface area contributed by atoms with E-state index in [1.165, 1.54) is 12.1 Å². The summed E-state index contributed by atoms with van der Waals surface area (Å²) in [6, 6.07) is 11.6. The van der Waals surface area contributed by atoms with Gasteiger partial charge >= 0.3 is 5.63 Å². The normalized spacial score (nSPS) is 11.3. The molecule has 0 atom stereocenters. The first-order chi connectivity index (χ1) is 12.4. The lowest BCUT2D eigenvalue weighted by Gasteiger charge is -2.18. The van der Waals surface area contributed by atoms with E-state index in [0.717, 1.165) is 22.1 Å². The van der Waals surface area contributed by atoms with Crippen LogP contribution in [-0.4, -0.2) is 25.1 Å². The number of fused-ring (bicyclic) bond motifs is 1. The molecule has 0 saturated heterocycles. The zero-order valence-corrected chi connectivity index (χ0v) is 15.2. The number of aryl methyl sites for hydroxylation is 2. The van der Waals surface area contributed by atoms with E-state index in [9.17, 15) is 9.18 Å². The second-order valence-corrected chi connectivity index (χ2v) is 6.51. The van der Waals surface area contributed by atoms with Crippen LogP contribution < -0.4 is 10.4 Å². The fourth-order valence-corrected chi connectivity index (χ4v) is 2.88. The summed E-state index contributed by atoms with van der Waals surface area (Å²) in [4.78, 5) is 14.0. The lowest BCUT2D eigenvalue weighted by molar-refractivity contribution is 0.233. The molecule has 5 heteroatoms. The third kappa shape index (κ3) is 4.11. The van der Waals surface area contributed by atoms with E-state index in [1.807, 2.05) is 33.0 Å². The summed E-state index contributed by atoms with van der Waals surface area (Å²) in [5.41, 5.74) is 3.34. The summed E-state index contributed by atoms with van der Waals surface area (Å²) >= 11 is 0. The van der Waals surface area contributed by atoms with Crippen LogP contribution in [0.3, 0.4) is 0 Å². The quantitative estimate of drug-likeness (QED) is 0.626. The summed E-state index contributed by atoms with van der Waals surface area (Å²) in [6.45, 7) is 5.71. The van der Waals surface area contributed by atoms with Gasteiger partial charge in [-0.25, -0.2) is 9.18 Å². The Morgan fingerprint density at radius 2 is 1.85 bits per heavy atom. The number of nitrogens with zero attached hydrogens (tertiary/aromatic N) is 1. The first-order valence-electron chi connectivity index (χ1n) is 8.54. The van der Waals surface area contributed by atoms with Crippen molar-refractivity contribution in [3.05, 3.63) is 75.4 Å². The molecule has 0 aliphatic carbocycles. The van der Waals surface area contributed by atoms with Crippen molar-refractivity contribution in [3.63, 3.8) is 0 Å². The zero-order chi connectivity index (χ0) is 18.7. The molecule has 0 aliphatic rings. The summed E-state index contributed by atoms with van der Waals surface area (Å²) < 4.78 is 23.9. The van der Waals surface area contributed by atoms with Gasteiger partial charge in [0.1, 0.15) is 23.8 Å². The fourth-order valence-electron chi connectivity index (χ4n) is 2.88. The van der Waals surface area contributed by atoms with Crippen LogP contribution in [0.5, 0.6) is 5.75 Å². The Morgan fingerprint density at radius 1 is 1.12 bits per heavy atom.